The Hall–Kier alpha value is -3.63. The molecule has 0 aromatic heterocycles. The molecule has 0 aliphatic heterocycles. The average Bonchev–Trinajstić information content (AvgIpc) is 3.33. The standard InChI is InChI=1S/C30H52NO14P.C17H33O8P.CH4/c1-10-30(23(4)33,21-41-17-18-46(38,39-8)40-9)20-29(7,26(36)43-14-12-32)19-28(5,6)25(35)44-15-16-45-27(37)31-11-13-42-24(34)22(2)3;1-7-17(14(2)19,12-16(3,4)15(20)25-9-8-18)13-24-10-11-26(21,22-5)23-6;/h32H,2,10-21H2,1,3-9H3,(H,31,37);18H,7-13H2,1-6H3;1H4/t29?,30-;;/m0../s1. The SMILES string of the molecule is C.C=C(C)C(=O)OCCNC(=O)OCCOC(=O)C(C)(C)CC(C)(C[C@@](CC)(COCCP(=O)(OC)OC)C(C)=O)C(=O)OCCO.CCC(COCCP(=O)(OC)OC)(CC(C)(C)C(=O)OCCO)C(C)=O. The molecule has 3 atom stereocenters. The monoisotopic (exact) mass is 1090 g/mol. The zero-order valence-corrected chi connectivity index (χ0v) is 46.9. The van der Waals surface area contributed by atoms with Crippen molar-refractivity contribution in [3.8, 4) is 0 Å². The van der Waals surface area contributed by atoms with Gasteiger partial charge in [-0.2, -0.15) is 0 Å². The van der Waals surface area contributed by atoms with Gasteiger partial charge in [-0.25, -0.2) is 9.59 Å². The summed E-state index contributed by atoms with van der Waals surface area (Å²) in [5.41, 5.74) is -5.44. The Balaban J connectivity index is -0.00000154. The largest absolute Gasteiger partial charge is 0.463 e. The molecule has 0 bridgehead atoms. The summed E-state index contributed by atoms with van der Waals surface area (Å²) in [6.07, 6.45) is 0.0264. The third kappa shape index (κ3) is 26.6. The van der Waals surface area contributed by atoms with E-state index >= 15 is 0 Å². The zero-order valence-electron chi connectivity index (χ0n) is 45.1. The van der Waals surface area contributed by atoms with Crippen molar-refractivity contribution in [3.63, 3.8) is 0 Å². The van der Waals surface area contributed by atoms with Gasteiger partial charge in [0, 0.05) is 34.0 Å². The van der Waals surface area contributed by atoms with Crippen molar-refractivity contribution >= 4 is 56.7 Å². The Kier molecular flexibility index (Phi) is 35.9. The number of Topliss-reactive ketones (excluding diaryl/α,β-unsaturated/α-hetero) is 2. The number of ether oxygens (including phenoxy) is 7. The van der Waals surface area contributed by atoms with E-state index in [1.807, 2.05) is 6.92 Å². The number of nitrogens with one attached hydrogen (secondary N) is 1. The Labute approximate surface area is 433 Å². The van der Waals surface area contributed by atoms with Crippen molar-refractivity contribution in [1.29, 1.82) is 0 Å². The smallest absolute Gasteiger partial charge is 0.407 e. The number of hydrogen-bond acceptors (Lipinski definition) is 22. The van der Waals surface area contributed by atoms with Crippen molar-refractivity contribution < 1.29 is 104 Å². The van der Waals surface area contributed by atoms with Crippen LogP contribution in [0.4, 0.5) is 4.79 Å². The van der Waals surface area contributed by atoms with Crippen LogP contribution in [0.1, 0.15) is 109 Å². The van der Waals surface area contributed by atoms with E-state index < -0.39 is 78.8 Å². The molecule has 0 aromatic rings. The highest BCUT2D eigenvalue weighted by molar-refractivity contribution is 7.54. The van der Waals surface area contributed by atoms with Crippen molar-refractivity contribution in [3.05, 3.63) is 12.2 Å². The van der Waals surface area contributed by atoms with Crippen LogP contribution in [0.3, 0.4) is 0 Å². The van der Waals surface area contributed by atoms with Crippen LogP contribution < -0.4 is 5.32 Å². The molecular weight excluding hydrogens is 1000 g/mol. The van der Waals surface area contributed by atoms with Crippen molar-refractivity contribution in [2.75, 3.05) is 120 Å². The van der Waals surface area contributed by atoms with Crippen LogP contribution in [0.2, 0.25) is 0 Å². The fraction of sp³-hybridized carbons (Fsp3) is 0.812. The van der Waals surface area contributed by atoms with Crippen LogP contribution in [0, 0.1) is 27.1 Å². The molecule has 0 saturated carbocycles. The van der Waals surface area contributed by atoms with Crippen LogP contribution >= 0.6 is 15.2 Å². The molecule has 0 heterocycles. The molecule has 0 aliphatic carbocycles. The van der Waals surface area contributed by atoms with E-state index in [0.29, 0.717) is 6.42 Å². The first-order valence-corrected chi connectivity index (χ1v) is 26.9. The summed E-state index contributed by atoms with van der Waals surface area (Å²) in [7, 11) is -1.40. The third-order valence-electron chi connectivity index (χ3n) is 11.8. The zero-order chi connectivity index (χ0) is 56.0. The number of hydrogen-bond donors (Lipinski definition) is 3. The van der Waals surface area contributed by atoms with Crippen LogP contribution in [0.5, 0.6) is 0 Å². The van der Waals surface area contributed by atoms with Crippen LogP contribution in [-0.2, 0) is 89.2 Å². The molecule has 0 aliphatic rings. The number of carbonyl (C=O) groups is 7. The molecule has 0 spiro atoms. The van der Waals surface area contributed by atoms with E-state index in [0.717, 1.165) is 0 Å². The molecule has 0 rings (SSSR count). The molecule has 25 heteroatoms. The number of carbonyl (C=O) groups excluding carboxylic acids is 7. The maximum atomic E-state index is 13.4. The number of aliphatic hydroxyl groups excluding tert-OH is 2. The highest BCUT2D eigenvalue weighted by atomic mass is 31.2. The highest BCUT2D eigenvalue weighted by Gasteiger charge is 2.50. The van der Waals surface area contributed by atoms with E-state index in [1.165, 1.54) is 49.2 Å². The summed E-state index contributed by atoms with van der Waals surface area (Å²) in [4.78, 5) is 87.3. The second kappa shape index (κ2) is 35.6. The van der Waals surface area contributed by atoms with Crippen molar-refractivity contribution in [1.82, 2.24) is 5.32 Å². The van der Waals surface area contributed by atoms with Crippen LogP contribution in [0.15, 0.2) is 12.2 Å². The molecule has 0 saturated heterocycles. The molecule has 0 fully saturated rings. The second-order valence-corrected chi connectivity index (χ2v) is 23.4. The summed E-state index contributed by atoms with van der Waals surface area (Å²) in [6.45, 7) is 17.9. The van der Waals surface area contributed by atoms with Crippen molar-refractivity contribution in [2.24, 2.45) is 27.1 Å². The fourth-order valence-electron chi connectivity index (χ4n) is 7.41. The quantitative estimate of drug-likeness (QED) is 0.0202. The van der Waals surface area contributed by atoms with Crippen molar-refractivity contribution in [2.45, 2.75) is 109 Å². The molecule has 3 N–H and O–H groups in total. The first-order valence-electron chi connectivity index (χ1n) is 23.4. The normalized spacial score (nSPS) is 14.2. The lowest BCUT2D eigenvalue weighted by molar-refractivity contribution is -0.167. The second-order valence-electron chi connectivity index (χ2n) is 18.6. The van der Waals surface area contributed by atoms with Gasteiger partial charge >= 0.3 is 45.2 Å². The molecule has 0 radical (unpaired) electrons. The van der Waals surface area contributed by atoms with Gasteiger partial charge in [0.25, 0.3) is 0 Å². The lowest BCUT2D eigenvalue weighted by Crippen LogP contribution is -2.46. The van der Waals surface area contributed by atoms with Gasteiger partial charge in [0.15, 0.2) is 0 Å². The summed E-state index contributed by atoms with van der Waals surface area (Å²) >= 11 is 0. The lowest BCUT2D eigenvalue weighted by atomic mass is 9.63. The van der Waals surface area contributed by atoms with Gasteiger partial charge < -0.3 is 66.8 Å². The number of ketones is 2. The topological polar surface area (TPSA) is 308 Å². The van der Waals surface area contributed by atoms with E-state index in [2.05, 4.69) is 11.9 Å². The Bertz CT molecular complexity index is 1820. The number of aliphatic hydroxyl groups is 2. The Morgan fingerprint density at radius 1 is 0.534 bits per heavy atom. The van der Waals surface area contributed by atoms with Gasteiger partial charge in [-0.1, -0.05) is 27.9 Å². The summed E-state index contributed by atoms with van der Waals surface area (Å²) in [5, 5.41) is 20.4. The van der Waals surface area contributed by atoms with Gasteiger partial charge in [-0.05, 0) is 87.5 Å². The summed E-state index contributed by atoms with van der Waals surface area (Å²) in [6, 6.07) is 0. The van der Waals surface area contributed by atoms with E-state index in [4.69, 9.17) is 56.4 Å². The molecule has 2 unspecified atom stereocenters. The highest BCUT2D eigenvalue weighted by Crippen LogP contribution is 2.48. The minimum absolute atomic E-state index is 0. The first kappa shape index (κ1) is 73.6. The summed E-state index contributed by atoms with van der Waals surface area (Å²) < 4.78 is 80.7. The van der Waals surface area contributed by atoms with Gasteiger partial charge in [0.1, 0.15) is 44.6 Å². The average molecular weight is 1090 g/mol. The Morgan fingerprint density at radius 2 is 0.918 bits per heavy atom. The minimum Gasteiger partial charge on any atom is -0.463 e. The van der Waals surface area contributed by atoms with Crippen LogP contribution in [-0.4, -0.2) is 172 Å². The predicted molar refractivity (Wildman–Crippen MR) is 270 cm³/mol. The number of esters is 4. The fourth-order valence-corrected chi connectivity index (χ4v) is 9.14. The van der Waals surface area contributed by atoms with E-state index in [1.54, 1.807) is 41.5 Å². The van der Waals surface area contributed by atoms with Gasteiger partial charge in [0.2, 0.25) is 0 Å². The maximum Gasteiger partial charge on any atom is 0.407 e. The van der Waals surface area contributed by atoms with Crippen LogP contribution in [0.25, 0.3) is 0 Å². The van der Waals surface area contributed by atoms with Gasteiger partial charge in [-0.15, -0.1) is 0 Å². The van der Waals surface area contributed by atoms with E-state index in [-0.39, 0.29) is 135 Å². The van der Waals surface area contributed by atoms with E-state index in [9.17, 15) is 47.8 Å². The van der Waals surface area contributed by atoms with Gasteiger partial charge in [-0.3, -0.25) is 33.1 Å². The number of rotatable bonds is 38. The third-order valence-corrected chi connectivity index (χ3v) is 15.5. The summed E-state index contributed by atoms with van der Waals surface area (Å²) in [5.74, 6) is -2.84. The predicted octanol–water partition coefficient (Wildman–Crippen LogP) is 6.27. The molecule has 1 amide bonds. The lowest BCUT2D eigenvalue weighted by Gasteiger charge is -2.41. The molecule has 23 nitrogen and oxygen atoms in total. The molecule has 428 valence electrons. The number of amides is 1. The Morgan fingerprint density at radius 3 is 1.30 bits per heavy atom. The molecule has 0 aromatic carbocycles. The maximum absolute atomic E-state index is 13.4. The molecular formula is C48H89NO22P2. The minimum atomic E-state index is -3.34. The number of alkyl carbamates (subject to hydrolysis) is 1. The molecule has 73 heavy (non-hydrogen) atoms. The van der Waals surface area contributed by atoms with Gasteiger partial charge in [0.05, 0.1) is 85.6 Å². The first-order chi connectivity index (χ1) is 33.4.